The molecule has 25 heavy (non-hydrogen) atoms. The number of benzene rings is 1. The number of rotatable bonds is 4. The molecule has 0 bridgehead atoms. The first-order valence-corrected chi connectivity index (χ1v) is 8.13. The van der Waals surface area contributed by atoms with E-state index < -0.39 is 5.91 Å². The summed E-state index contributed by atoms with van der Waals surface area (Å²) >= 11 is 0. The molecule has 0 radical (unpaired) electrons. The van der Waals surface area contributed by atoms with Crippen LogP contribution in [0.2, 0.25) is 0 Å². The number of hydrogen-bond donors (Lipinski definition) is 2. The molecule has 1 aromatic carbocycles. The lowest BCUT2D eigenvalue weighted by molar-refractivity contribution is -0.142. The largest absolute Gasteiger partial charge is 0.326 e. The van der Waals surface area contributed by atoms with Gasteiger partial charge in [0.15, 0.2) is 0 Å². The van der Waals surface area contributed by atoms with Gasteiger partial charge in [0.25, 0.3) is 0 Å². The summed E-state index contributed by atoms with van der Waals surface area (Å²) < 4.78 is 0. The average Bonchev–Trinajstić information content (AvgIpc) is 2.80. The van der Waals surface area contributed by atoms with Gasteiger partial charge in [0.1, 0.15) is 6.54 Å². The van der Waals surface area contributed by atoms with Crippen molar-refractivity contribution in [3.05, 3.63) is 36.4 Å². The number of anilines is 2. The predicted octanol–water partition coefficient (Wildman–Crippen LogP) is 1.53. The Morgan fingerprint density at radius 3 is 2.16 bits per heavy atom. The zero-order chi connectivity index (χ0) is 18.0. The quantitative estimate of drug-likeness (QED) is 0.641. The zero-order valence-corrected chi connectivity index (χ0v) is 13.8. The van der Waals surface area contributed by atoms with E-state index in [1.54, 1.807) is 24.3 Å². The van der Waals surface area contributed by atoms with Crippen LogP contribution in [0.4, 0.5) is 11.4 Å². The van der Waals surface area contributed by atoms with Crippen molar-refractivity contribution < 1.29 is 19.2 Å². The van der Waals surface area contributed by atoms with Crippen LogP contribution < -0.4 is 10.6 Å². The van der Waals surface area contributed by atoms with Crippen LogP contribution in [0.5, 0.6) is 0 Å². The lowest BCUT2D eigenvalue weighted by atomic mass is 9.85. The molecule has 7 heteroatoms. The lowest BCUT2D eigenvalue weighted by Gasteiger charge is -2.14. The molecule has 4 amide bonds. The van der Waals surface area contributed by atoms with E-state index in [1.807, 2.05) is 12.2 Å². The van der Waals surface area contributed by atoms with Gasteiger partial charge in [-0.05, 0) is 31.0 Å². The Morgan fingerprint density at radius 2 is 1.60 bits per heavy atom. The van der Waals surface area contributed by atoms with Crippen LogP contribution in [0.25, 0.3) is 0 Å². The number of nitrogens with zero attached hydrogens (tertiary/aromatic N) is 1. The summed E-state index contributed by atoms with van der Waals surface area (Å²) in [4.78, 5) is 49.1. The van der Waals surface area contributed by atoms with Crippen LogP contribution in [0, 0.1) is 11.8 Å². The standard InChI is InChI=1S/C18H19N3O4/c1-11(22)19-12-5-4-6-13(9-12)20-16(23)10-21-17(24)14-7-2-3-8-15(14)18(21)25/h2-6,9,14-15H,7-8,10H2,1H3,(H,19,22)(H,20,23). The van der Waals surface area contributed by atoms with Crippen LogP contribution in [-0.4, -0.2) is 35.1 Å². The van der Waals surface area contributed by atoms with Crippen molar-refractivity contribution in [3.8, 4) is 0 Å². The maximum absolute atomic E-state index is 12.4. The molecule has 1 fully saturated rings. The van der Waals surface area contributed by atoms with Crippen molar-refractivity contribution in [1.29, 1.82) is 0 Å². The second-order valence-electron chi connectivity index (χ2n) is 6.23. The van der Waals surface area contributed by atoms with Gasteiger partial charge in [0.05, 0.1) is 11.8 Å². The van der Waals surface area contributed by atoms with Gasteiger partial charge in [0, 0.05) is 18.3 Å². The summed E-state index contributed by atoms with van der Waals surface area (Å²) in [6, 6.07) is 6.66. The highest BCUT2D eigenvalue weighted by Gasteiger charge is 2.47. The maximum atomic E-state index is 12.4. The highest BCUT2D eigenvalue weighted by molar-refractivity contribution is 6.09. The average molecular weight is 341 g/mol. The summed E-state index contributed by atoms with van der Waals surface area (Å²) in [5.41, 5.74) is 1.03. The second-order valence-corrected chi connectivity index (χ2v) is 6.23. The molecular weight excluding hydrogens is 322 g/mol. The van der Waals surface area contributed by atoms with Gasteiger partial charge in [-0.1, -0.05) is 18.2 Å². The molecule has 1 aliphatic carbocycles. The molecule has 0 spiro atoms. The van der Waals surface area contributed by atoms with E-state index in [4.69, 9.17) is 0 Å². The van der Waals surface area contributed by atoms with E-state index in [-0.39, 0.29) is 36.1 Å². The fourth-order valence-electron chi connectivity index (χ4n) is 3.25. The van der Waals surface area contributed by atoms with Gasteiger partial charge < -0.3 is 10.6 Å². The first-order chi connectivity index (χ1) is 12.0. The third kappa shape index (κ3) is 3.60. The zero-order valence-electron chi connectivity index (χ0n) is 13.8. The van der Waals surface area contributed by atoms with Crippen LogP contribution in [-0.2, 0) is 19.2 Å². The molecule has 130 valence electrons. The molecule has 7 nitrogen and oxygen atoms in total. The molecule has 3 rings (SSSR count). The summed E-state index contributed by atoms with van der Waals surface area (Å²) in [5, 5.41) is 5.28. The predicted molar refractivity (Wildman–Crippen MR) is 91.4 cm³/mol. The minimum Gasteiger partial charge on any atom is -0.326 e. The number of carbonyl (C=O) groups excluding carboxylic acids is 4. The number of amides is 4. The molecular formula is C18H19N3O4. The van der Waals surface area contributed by atoms with Crippen molar-refractivity contribution in [2.24, 2.45) is 11.8 Å². The van der Waals surface area contributed by atoms with E-state index in [0.29, 0.717) is 24.2 Å². The molecule has 1 saturated heterocycles. The number of carbonyl (C=O) groups is 4. The molecule has 0 aromatic heterocycles. The monoisotopic (exact) mass is 341 g/mol. The first kappa shape index (κ1) is 16.9. The number of hydrogen-bond acceptors (Lipinski definition) is 4. The van der Waals surface area contributed by atoms with Gasteiger partial charge in [-0.25, -0.2) is 0 Å². The van der Waals surface area contributed by atoms with Crippen LogP contribution in [0.15, 0.2) is 36.4 Å². The number of fused-ring (bicyclic) bond motifs is 1. The third-order valence-corrected chi connectivity index (χ3v) is 4.37. The summed E-state index contributed by atoms with van der Waals surface area (Å²) in [7, 11) is 0. The number of imide groups is 1. The molecule has 0 saturated carbocycles. The van der Waals surface area contributed by atoms with E-state index in [2.05, 4.69) is 10.6 Å². The van der Waals surface area contributed by atoms with Crippen molar-refractivity contribution in [1.82, 2.24) is 4.90 Å². The first-order valence-electron chi connectivity index (χ1n) is 8.13. The maximum Gasteiger partial charge on any atom is 0.244 e. The van der Waals surface area contributed by atoms with E-state index in [9.17, 15) is 19.2 Å². The Balaban J connectivity index is 1.64. The minimum atomic E-state index is -0.451. The number of allylic oxidation sites excluding steroid dienone is 2. The lowest BCUT2D eigenvalue weighted by Crippen LogP contribution is -2.38. The number of likely N-dealkylation sites (tertiary alicyclic amines) is 1. The van der Waals surface area contributed by atoms with Crippen LogP contribution in [0.1, 0.15) is 19.8 Å². The molecule has 2 atom stereocenters. The van der Waals surface area contributed by atoms with E-state index in [0.717, 1.165) is 4.90 Å². The minimum absolute atomic E-state index is 0.215. The van der Waals surface area contributed by atoms with Gasteiger partial charge in [-0.2, -0.15) is 0 Å². The Bertz CT molecular complexity index is 745. The molecule has 2 unspecified atom stereocenters. The van der Waals surface area contributed by atoms with E-state index >= 15 is 0 Å². The summed E-state index contributed by atoms with van der Waals surface area (Å²) in [6.07, 6.45) is 4.91. The Labute approximate surface area is 145 Å². The Hall–Kier alpha value is -2.96. The van der Waals surface area contributed by atoms with Gasteiger partial charge in [-0.3, -0.25) is 24.1 Å². The highest BCUT2D eigenvalue weighted by Crippen LogP contribution is 2.34. The topological polar surface area (TPSA) is 95.6 Å². The molecule has 1 heterocycles. The molecule has 2 aliphatic rings. The third-order valence-electron chi connectivity index (χ3n) is 4.37. The summed E-state index contributed by atoms with van der Waals surface area (Å²) in [6.45, 7) is 1.10. The Kier molecular flexibility index (Phi) is 4.65. The fourth-order valence-corrected chi connectivity index (χ4v) is 3.25. The van der Waals surface area contributed by atoms with E-state index in [1.165, 1.54) is 6.92 Å². The van der Waals surface area contributed by atoms with Crippen molar-refractivity contribution >= 4 is 35.0 Å². The van der Waals surface area contributed by atoms with Crippen molar-refractivity contribution in [2.75, 3.05) is 17.2 Å². The molecule has 2 N–H and O–H groups in total. The van der Waals surface area contributed by atoms with Crippen molar-refractivity contribution in [2.45, 2.75) is 19.8 Å². The normalized spacial score (nSPS) is 21.9. The fraction of sp³-hybridized carbons (Fsp3) is 0.333. The smallest absolute Gasteiger partial charge is 0.244 e. The number of nitrogens with one attached hydrogen (secondary N) is 2. The molecule has 1 aliphatic heterocycles. The summed E-state index contributed by atoms with van der Waals surface area (Å²) in [5.74, 6) is -1.90. The van der Waals surface area contributed by atoms with Crippen LogP contribution >= 0.6 is 0 Å². The second kappa shape index (κ2) is 6.88. The SMILES string of the molecule is CC(=O)Nc1cccc(NC(=O)CN2C(=O)C3CC=CCC3C2=O)c1. The van der Waals surface area contributed by atoms with Gasteiger partial charge in [0.2, 0.25) is 23.6 Å². The van der Waals surface area contributed by atoms with Crippen LogP contribution in [0.3, 0.4) is 0 Å². The molecule has 1 aromatic rings. The van der Waals surface area contributed by atoms with Gasteiger partial charge in [-0.15, -0.1) is 0 Å². The van der Waals surface area contributed by atoms with Gasteiger partial charge >= 0.3 is 0 Å². The highest BCUT2D eigenvalue weighted by atomic mass is 16.2. The van der Waals surface area contributed by atoms with Crippen molar-refractivity contribution in [3.63, 3.8) is 0 Å². The Morgan fingerprint density at radius 1 is 1.04 bits per heavy atom.